The van der Waals surface area contributed by atoms with Crippen molar-refractivity contribution in [2.24, 2.45) is 0 Å². The standard InChI is InChI=1S/C14H10N2O4/c17-14-12-7-2-1-6-11(12)13(20-14)15-9-4-3-5-10(8-9)16(18)19/h1-8,13,15H/t13-/m0/s1. The van der Waals surface area contributed by atoms with Gasteiger partial charge in [0.05, 0.1) is 10.5 Å². The molecule has 0 unspecified atom stereocenters. The summed E-state index contributed by atoms with van der Waals surface area (Å²) < 4.78 is 5.22. The Bertz CT molecular complexity index is 699. The van der Waals surface area contributed by atoms with Crippen molar-refractivity contribution >= 4 is 17.3 Å². The van der Waals surface area contributed by atoms with E-state index in [1.54, 1.807) is 30.3 Å². The van der Waals surface area contributed by atoms with Crippen LogP contribution in [0.5, 0.6) is 0 Å². The van der Waals surface area contributed by atoms with Crippen molar-refractivity contribution in [2.45, 2.75) is 6.23 Å². The number of fused-ring (bicyclic) bond motifs is 1. The minimum Gasteiger partial charge on any atom is -0.434 e. The lowest BCUT2D eigenvalue weighted by Crippen LogP contribution is -2.10. The van der Waals surface area contributed by atoms with Crippen molar-refractivity contribution in [3.8, 4) is 0 Å². The van der Waals surface area contributed by atoms with Gasteiger partial charge >= 0.3 is 5.97 Å². The highest BCUT2D eigenvalue weighted by Crippen LogP contribution is 2.31. The van der Waals surface area contributed by atoms with Gasteiger partial charge in [0.1, 0.15) is 0 Å². The number of cyclic esters (lactones) is 1. The van der Waals surface area contributed by atoms with Crippen LogP contribution in [0.15, 0.2) is 48.5 Å². The second kappa shape index (κ2) is 4.65. The van der Waals surface area contributed by atoms with Gasteiger partial charge < -0.3 is 10.1 Å². The number of nitrogens with zero attached hydrogens (tertiary/aromatic N) is 1. The molecule has 0 fully saturated rings. The van der Waals surface area contributed by atoms with Crippen LogP contribution in [0.1, 0.15) is 22.1 Å². The summed E-state index contributed by atoms with van der Waals surface area (Å²) in [7, 11) is 0. The number of ether oxygens (including phenoxy) is 1. The van der Waals surface area contributed by atoms with Gasteiger partial charge in [-0.3, -0.25) is 10.1 Å². The monoisotopic (exact) mass is 270 g/mol. The Morgan fingerprint density at radius 3 is 2.75 bits per heavy atom. The van der Waals surface area contributed by atoms with E-state index >= 15 is 0 Å². The van der Waals surface area contributed by atoms with Crippen molar-refractivity contribution in [3.05, 3.63) is 69.8 Å². The molecule has 20 heavy (non-hydrogen) atoms. The molecule has 2 aromatic carbocycles. The SMILES string of the molecule is O=C1O[C@H](Nc2cccc([N+](=O)[O-])c2)c2ccccc21. The lowest BCUT2D eigenvalue weighted by Gasteiger charge is -2.14. The zero-order chi connectivity index (χ0) is 14.1. The maximum atomic E-state index is 11.7. The van der Waals surface area contributed by atoms with Crippen molar-refractivity contribution in [1.82, 2.24) is 0 Å². The molecule has 1 aliphatic rings. The Hall–Kier alpha value is -2.89. The van der Waals surface area contributed by atoms with Gasteiger partial charge in [0.15, 0.2) is 0 Å². The van der Waals surface area contributed by atoms with Crippen LogP contribution in [0.3, 0.4) is 0 Å². The molecule has 0 saturated heterocycles. The molecule has 0 amide bonds. The lowest BCUT2D eigenvalue weighted by atomic mass is 10.1. The highest BCUT2D eigenvalue weighted by molar-refractivity contribution is 5.94. The molecule has 0 aliphatic carbocycles. The van der Waals surface area contributed by atoms with Gasteiger partial charge in [-0.25, -0.2) is 4.79 Å². The number of hydrogen-bond donors (Lipinski definition) is 1. The number of esters is 1. The minimum absolute atomic E-state index is 0.0207. The third-order valence-electron chi connectivity index (χ3n) is 3.04. The van der Waals surface area contributed by atoms with E-state index in [-0.39, 0.29) is 5.69 Å². The maximum absolute atomic E-state index is 11.7. The van der Waals surface area contributed by atoms with Gasteiger partial charge in [-0.1, -0.05) is 24.3 Å². The van der Waals surface area contributed by atoms with Crippen molar-refractivity contribution in [1.29, 1.82) is 0 Å². The van der Waals surface area contributed by atoms with E-state index in [0.29, 0.717) is 11.3 Å². The third kappa shape index (κ3) is 2.07. The van der Waals surface area contributed by atoms with Crippen molar-refractivity contribution in [2.75, 3.05) is 5.32 Å². The molecule has 0 spiro atoms. The molecule has 1 heterocycles. The third-order valence-corrected chi connectivity index (χ3v) is 3.04. The van der Waals surface area contributed by atoms with Gasteiger partial charge in [-0.15, -0.1) is 0 Å². The molecule has 0 saturated carbocycles. The Morgan fingerprint density at radius 1 is 1.15 bits per heavy atom. The summed E-state index contributed by atoms with van der Waals surface area (Å²) in [6.45, 7) is 0. The van der Waals surface area contributed by atoms with Crippen LogP contribution < -0.4 is 5.32 Å². The van der Waals surface area contributed by atoms with Crippen LogP contribution in [0, 0.1) is 10.1 Å². The maximum Gasteiger partial charge on any atom is 0.340 e. The molecular weight excluding hydrogens is 260 g/mol. The first-order valence-corrected chi connectivity index (χ1v) is 5.96. The molecule has 3 rings (SSSR count). The fourth-order valence-corrected chi connectivity index (χ4v) is 2.11. The number of carbonyl (C=O) groups excluding carboxylic acids is 1. The minimum atomic E-state index is -0.624. The van der Waals surface area contributed by atoms with E-state index in [0.717, 1.165) is 5.56 Å². The number of nitro groups is 1. The normalized spacial score (nSPS) is 16.4. The number of carbonyl (C=O) groups is 1. The summed E-state index contributed by atoms with van der Waals surface area (Å²) in [6.07, 6.45) is -0.624. The predicted octanol–water partition coefficient (Wildman–Crippen LogP) is 2.88. The number of benzene rings is 2. The average molecular weight is 270 g/mol. The van der Waals surface area contributed by atoms with E-state index in [1.165, 1.54) is 12.1 Å². The van der Waals surface area contributed by atoms with Crippen LogP contribution in [0.25, 0.3) is 0 Å². The quantitative estimate of drug-likeness (QED) is 0.527. The highest BCUT2D eigenvalue weighted by Gasteiger charge is 2.30. The molecular formula is C14H10N2O4. The molecule has 0 bridgehead atoms. The van der Waals surface area contributed by atoms with Gasteiger partial charge in [-0.2, -0.15) is 0 Å². The number of non-ortho nitro benzene ring substituents is 1. The van der Waals surface area contributed by atoms with Crippen LogP contribution in [-0.4, -0.2) is 10.9 Å². The molecule has 6 heteroatoms. The summed E-state index contributed by atoms with van der Waals surface area (Å²) in [5.41, 5.74) is 1.74. The summed E-state index contributed by atoms with van der Waals surface area (Å²) >= 11 is 0. The van der Waals surface area contributed by atoms with Crippen LogP contribution in [-0.2, 0) is 4.74 Å². The smallest absolute Gasteiger partial charge is 0.340 e. The van der Waals surface area contributed by atoms with Crippen LogP contribution in [0.4, 0.5) is 11.4 Å². The number of anilines is 1. The zero-order valence-corrected chi connectivity index (χ0v) is 10.3. The van der Waals surface area contributed by atoms with E-state index in [2.05, 4.69) is 5.32 Å². The summed E-state index contributed by atoms with van der Waals surface area (Å²) in [4.78, 5) is 21.9. The first-order chi connectivity index (χ1) is 9.65. The summed E-state index contributed by atoms with van der Waals surface area (Å²) in [5, 5.41) is 13.7. The number of hydrogen-bond acceptors (Lipinski definition) is 5. The second-order valence-corrected chi connectivity index (χ2v) is 4.32. The first kappa shape index (κ1) is 12.2. The molecule has 1 atom stereocenters. The van der Waals surface area contributed by atoms with Crippen molar-refractivity contribution in [3.63, 3.8) is 0 Å². The molecule has 0 aromatic heterocycles. The Balaban J connectivity index is 1.88. The van der Waals surface area contributed by atoms with Gasteiger partial charge in [0, 0.05) is 23.4 Å². The number of nitrogens with one attached hydrogen (secondary N) is 1. The largest absolute Gasteiger partial charge is 0.434 e. The van der Waals surface area contributed by atoms with E-state index in [4.69, 9.17) is 4.74 Å². The Labute approximate surface area is 114 Å². The van der Waals surface area contributed by atoms with Crippen LogP contribution >= 0.6 is 0 Å². The van der Waals surface area contributed by atoms with Gasteiger partial charge in [-0.05, 0) is 12.1 Å². The van der Waals surface area contributed by atoms with Crippen molar-refractivity contribution < 1.29 is 14.5 Å². The fraction of sp³-hybridized carbons (Fsp3) is 0.0714. The Kier molecular flexibility index (Phi) is 2.83. The molecule has 2 aromatic rings. The van der Waals surface area contributed by atoms with Gasteiger partial charge in [0.2, 0.25) is 6.23 Å². The fourth-order valence-electron chi connectivity index (χ4n) is 2.11. The second-order valence-electron chi connectivity index (χ2n) is 4.32. The average Bonchev–Trinajstić information content (AvgIpc) is 2.76. The number of rotatable bonds is 3. The lowest BCUT2D eigenvalue weighted by molar-refractivity contribution is -0.384. The van der Waals surface area contributed by atoms with E-state index in [1.807, 2.05) is 6.07 Å². The van der Waals surface area contributed by atoms with Gasteiger partial charge in [0.25, 0.3) is 5.69 Å². The molecule has 100 valence electrons. The van der Waals surface area contributed by atoms with Crippen LogP contribution in [0.2, 0.25) is 0 Å². The molecule has 6 nitrogen and oxygen atoms in total. The topological polar surface area (TPSA) is 81.5 Å². The molecule has 1 N–H and O–H groups in total. The zero-order valence-electron chi connectivity index (χ0n) is 10.3. The first-order valence-electron chi connectivity index (χ1n) is 5.96. The summed E-state index contributed by atoms with van der Waals surface area (Å²) in [5.74, 6) is -0.400. The Morgan fingerprint density at radius 2 is 1.95 bits per heavy atom. The highest BCUT2D eigenvalue weighted by atomic mass is 16.6. The van der Waals surface area contributed by atoms with E-state index < -0.39 is 17.1 Å². The summed E-state index contributed by atoms with van der Waals surface area (Å²) in [6, 6.07) is 13.1. The molecule has 1 aliphatic heterocycles. The van der Waals surface area contributed by atoms with E-state index in [9.17, 15) is 14.9 Å². The molecule has 0 radical (unpaired) electrons. The predicted molar refractivity (Wildman–Crippen MR) is 71.3 cm³/mol. The number of nitro benzene ring substituents is 1.